The summed E-state index contributed by atoms with van der Waals surface area (Å²) in [6.45, 7) is 1.97. The molecule has 0 bridgehead atoms. The fourth-order valence-electron chi connectivity index (χ4n) is 2.44. The number of ether oxygens (including phenoxy) is 1. The van der Waals surface area contributed by atoms with E-state index in [-0.39, 0.29) is 18.9 Å². The van der Waals surface area contributed by atoms with Crippen molar-refractivity contribution in [3.63, 3.8) is 0 Å². The van der Waals surface area contributed by atoms with Crippen LogP contribution in [0, 0.1) is 0 Å². The molecule has 0 saturated heterocycles. The van der Waals surface area contributed by atoms with Crippen LogP contribution in [-0.4, -0.2) is 33.5 Å². The molecule has 2 aromatic rings. The number of hydrogen-bond acceptors (Lipinski definition) is 4. The van der Waals surface area contributed by atoms with Gasteiger partial charge < -0.3 is 4.74 Å². The Kier molecular flexibility index (Phi) is 3.22. The van der Waals surface area contributed by atoms with Crippen molar-refractivity contribution in [3.05, 3.63) is 47.5 Å². The first kappa shape index (κ1) is 12.8. The van der Waals surface area contributed by atoms with E-state index in [9.17, 15) is 9.18 Å². The molecule has 2 heterocycles. The zero-order valence-electron chi connectivity index (χ0n) is 11.0. The van der Waals surface area contributed by atoms with Gasteiger partial charge in [0.1, 0.15) is 18.0 Å². The molecule has 1 aromatic carbocycles. The lowest BCUT2D eigenvalue weighted by Gasteiger charge is -2.14. The molecule has 1 aliphatic rings. The van der Waals surface area contributed by atoms with Crippen molar-refractivity contribution in [1.82, 2.24) is 14.8 Å². The molecule has 0 fully saturated rings. The second kappa shape index (κ2) is 5.03. The number of benzene rings is 1. The van der Waals surface area contributed by atoms with Crippen LogP contribution in [0.15, 0.2) is 30.3 Å². The summed E-state index contributed by atoms with van der Waals surface area (Å²) in [6, 6.07) is 8.74. The summed E-state index contributed by atoms with van der Waals surface area (Å²) >= 11 is 0. The molecule has 1 aliphatic heterocycles. The van der Waals surface area contributed by atoms with E-state index in [0.717, 1.165) is 5.56 Å². The predicted octanol–water partition coefficient (Wildman–Crippen LogP) is 1.94. The first-order valence-electron chi connectivity index (χ1n) is 6.52. The smallest absolute Gasteiger partial charge is 0.378 e. The van der Waals surface area contributed by atoms with Gasteiger partial charge in [-0.1, -0.05) is 30.3 Å². The number of alkyl halides is 1. The van der Waals surface area contributed by atoms with Gasteiger partial charge in [-0.05, 0) is 12.5 Å². The maximum absolute atomic E-state index is 14.2. The number of esters is 1. The summed E-state index contributed by atoms with van der Waals surface area (Å²) in [5.74, 6) is -0.0966. The molecule has 6 heteroatoms. The fraction of sp³-hybridized carbons (Fsp3) is 0.357. The zero-order chi connectivity index (χ0) is 14.1. The van der Waals surface area contributed by atoms with E-state index in [0.29, 0.717) is 5.82 Å². The lowest BCUT2D eigenvalue weighted by molar-refractivity contribution is 0.0510. The summed E-state index contributed by atoms with van der Waals surface area (Å²) in [4.78, 5) is 15.7. The minimum atomic E-state index is -1.08. The van der Waals surface area contributed by atoms with E-state index in [2.05, 4.69) is 10.1 Å². The number of carbonyl (C=O) groups is 1. The summed E-state index contributed by atoms with van der Waals surface area (Å²) in [6.07, 6.45) is -0.921. The van der Waals surface area contributed by atoms with E-state index >= 15 is 0 Å². The Morgan fingerprint density at radius 2 is 2.20 bits per heavy atom. The van der Waals surface area contributed by atoms with Crippen molar-refractivity contribution in [1.29, 1.82) is 0 Å². The van der Waals surface area contributed by atoms with E-state index in [1.807, 2.05) is 30.3 Å². The fourth-order valence-corrected chi connectivity index (χ4v) is 2.44. The number of nitrogens with zero attached hydrogens (tertiary/aromatic N) is 3. The van der Waals surface area contributed by atoms with Crippen LogP contribution in [0.5, 0.6) is 0 Å². The molecule has 0 N–H and O–H groups in total. The Morgan fingerprint density at radius 1 is 1.45 bits per heavy atom. The van der Waals surface area contributed by atoms with Crippen molar-refractivity contribution < 1.29 is 13.9 Å². The van der Waals surface area contributed by atoms with Gasteiger partial charge in [-0.25, -0.2) is 18.9 Å². The Bertz CT molecular complexity index is 627. The van der Waals surface area contributed by atoms with Crippen molar-refractivity contribution in [2.75, 3.05) is 6.61 Å². The van der Waals surface area contributed by atoms with Gasteiger partial charge >= 0.3 is 5.97 Å². The monoisotopic (exact) mass is 275 g/mol. The van der Waals surface area contributed by atoms with Crippen LogP contribution in [0.25, 0.3) is 0 Å². The normalized spacial score (nSPS) is 20.7. The lowest BCUT2D eigenvalue weighted by Crippen LogP contribution is -2.18. The predicted molar refractivity (Wildman–Crippen MR) is 69.2 cm³/mol. The number of aromatic nitrogens is 3. The van der Waals surface area contributed by atoms with Crippen LogP contribution < -0.4 is 0 Å². The van der Waals surface area contributed by atoms with Crippen molar-refractivity contribution in [3.8, 4) is 0 Å². The quantitative estimate of drug-likeness (QED) is 0.803. The van der Waals surface area contributed by atoms with E-state index in [4.69, 9.17) is 4.74 Å². The van der Waals surface area contributed by atoms with Crippen LogP contribution in [0.2, 0.25) is 0 Å². The molecule has 1 aromatic heterocycles. The van der Waals surface area contributed by atoms with Gasteiger partial charge in [0.2, 0.25) is 0 Å². The molecule has 0 aliphatic carbocycles. The van der Waals surface area contributed by atoms with Crippen molar-refractivity contribution in [2.45, 2.75) is 25.6 Å². The number of halogens is 1. The Labute approximate surface area is 115 Å². The van der Waals surface area contributed by atoms with Gasteiger partial charge in [0.05, 0.1) is 6.61 Å². The molecular weight excluding hydrogens is 261 g/mol. The van der Waals surface area contributed by atoms with Gasteiger partial charge in [-0.2, -0.15) is 0 Å². The highest BCUT2D eigenvalue weighted by molar-refractivity contribution is 5.85. The van der Waals surface area contributed by atoms with Gasteiger partial charge in [0.25, 0.3) is 5.82 Å². The third-order valence-electron chi connectivity index (χ3n) is 3.28. The van der Waals surface area contributed by atoms with Crippen LogP contribution >= 0.6 is 0 Å². The topological polar surface area (TPSA) is 57.0 Å². The van der Waals surface area contributed by atoms with E-state index in [1.165, 1.54) is 4.68 Å². The minimum absolute atomic E-state index is 0.00492. The second-order valence-corrected chi connectivity index (χ2v) is 4.59. The lowest BCUT2D eigenvalue weighted by atomic mass is 10.0. The minimum Gasteiger partial charge on any atom is -0.460 e. The summed E-state index contributed by atoms with van der Waals surface area (Å²) in [5, 5.41) is 4.11. The highest BCUT2D eigenvalue weighted by Gasteiger charge is 2.37. The molecule has 0 saturated carbocycles. The van der Waals surface area contributed by atoms with Gasteiger partial charge in [0, 0.05) is 6.42 Å². The molecule has 20 heavy (non-hydrogen) atoms. The van der Waals surface area contributed by atoms with E-state index < -0.39 is 18.2 Å². The molecule has 2 atom stereocenters. The standard InChI is InChI=1S/C14H14FN3O2/c1-2-20-14(19)13-16-11-8-10(15)12(18(11)17-13)9-6-4-3-5-7-9/h3-7,10,12H,2,8H2,1H3/t10-,12+/m0/s1. The van der Waals surface area contributed by atoms with Crippen molar-refractivity contribution >= 4 is 5.97 Å². The Hall–Kier alpha value is -2.24. The number of rotatable bonds is 3. The first-order chi connectivity index (χ1) is 9.70. The average Bonchev–Trinajstić information content (AvgIpc) is 2.96. The third-order valence-corrected chi connectivity index (χ3v) is 3.28. The van der Waals surface area contributed by atoms with E-state index in [1.54, 1.807) is 6.92 Å². The van der Waals surface area contributed by atoms with Crippen LogP contribution in [0.1, 0.15) is 35.0 Å². The maximum atomic E-state index is 14.2. The molecule has 5 nitrogen and oxygen atoms in total. The largest absolute Gasteiger partial charge is 0.460 e. The Balaban J connectivity index is 1.95. The highest BCUT2D eigenvalue weighted by atomic mass is 19.1. The Morgan fingerprint density at radius 3 is 2.90 bits per heavy atom. The molecule has 0 spiro atoms. The molecule has 3 rings (SSSR count). The SMILES string of the molecule is CCOC(=O)c1nc2n(n1)[C@H](c1ccccc1)[C@@H](F)C2. The third kappa shape index (κ3) is 2.07. The average molecular weight is 275 g/mol. The van der Waals surface area contributed by atoms with Crippen LogP contribution in [0.3, 0.4) is 0 Å². The number of fused-ring (bicyclic) bond motifs is 1. The van der Waals surface area contributed by atoms with Gasteiger partial charge in [0.15, 0.2) is 0 Å². The summed E-state index contributed by atoms with van der Waals surface area (Å²) in [5.41, 5.74) is 0.819. The van der Waals surface area contributed by atoms with Crippen LogP contribution in [0.4, 0.5) is 4.39 Å². The zero-order valence-corrected chi connectivity index (χ0v) is 11.0. The number of hydrogen-bond donors (Lipinski definition) is 0. The summed E-state index contributed by atoms with van der Waals surface area (Å²) in [7, 11) is 0. The molecule has 0 amide bonds. The molecular formula is C14H14FN3O2. The molecule has 0 unspecified atom stereocenters. The van der Waals surface area contributed by atoms with Gasteiger partial charge in [-0.3, -0.25) is 0 Å². The molecule has 104 valence electrons. The van der Waals surface area contributed by atoms with Gasteiger partial charge in [-0.15, -0.1) is 5.10 Å². The van der Waals surface area contributed by atoms with Crippen LogP contribution in [-0.2, 0) is 11.2 Å². The van der Waals surface area contributed by atoms with Crippen molar-refractivity contribution in [2.24, 2.45) is 0 Å². The second-order valence-electron chi connectivity index (χ2n) is 4.59. The maximum Gasteiger partial charge on any atom is 0.378 e. The first-order valence-corrected chi connectivity index (χ1v) is 6.52. The molecule has 0 radical (unpaired) electrons. The highest BCUT2D eigenvalue weighted by Crippen LogP contribution is 2.32. The summed E-state index contributed by atoms with van der Waals surface area (Å²) < 4.78 is 20.5. The number of carbonyl (C=O) groups excluding carboxylic acids is 1.